The molecule has 0 aromatic heterocycles. The van der Waals surface area contributed by atoms with Crippen molar-refractivity contribution in [2.75, 3.05) is 16.9 Å². The number of para-hydroxylation sites is 2. The first-order valence-corrected chi connectivity index (χ1v) is 17.6. The number of anilines is 6. The molecule has 0 saturated heterocycles. The van der Waals surface area contributed by atoms with Crippen molar-refractivity contribution < 1.29 is 4.74 Å². The molecule has 7 rings (SSSR count). The second-order valence-corrected chi connectivity index (χ2v) is 12.8. The van der Waals surface area contributed by atoms with E-state index < -0.39 is 0 Å². The van der Waals surface area contributed by atoms with E-state index >= 15 is 0 Å². The topological polar surface area (TPSA) is 15.7 Å². The lowest BCUT2D eigenvalue weighted by atomic mass is 10.0. The van der Waals surface area contributed by atoms with Crippen molar-refractivity contribution in [2.45, 2.75) is 13.8 Å². The minimum atomic E-state index is 0.840. The van der Waals surface area contributed by atoms with Gasteiger partial charge in [-0.15, -0.1) is 0 Å². The molecule has 3 heteroatoms. The molecule has 254 valence electrons. The van der Waals surface area contributed by atoms with Crippen LogP contribution in [0.25, 0.3) is 23.8 Å². The van der Waals surface area contributed by atoms with Crippen LogP contribution in [0.3, 0.4) is 0 Å². The molecule has 0 N–H and O–H groups in total. The second kappa shape index (κ2) is 16.0. The van der Waals surface area contributed by atoms with Crippen molar-refractivity contribution in [3.63, 3.8) is 0 Å². The molecular weight excluding hydrogens is 633 g/mol. The highest BCUT2D eigenvalue weighted by molar-refractivity contribution is 5.83. The fraction of sp³-hybridized carbons (Fsp3) is 0.0612. The Morgan fingerprint density at radius 2 is 0.788 bits per heavy atom. The first kappa shape index (κ1) is 33.9. The van der Waals surface area contributed by atoms with E-state index in [0.717, 1.165) is 51.0 Å². The third-order valence-electron chi connectivity index (χ3n) is 9.17. The lowest BCUT2D eigenvalue weighted by Crippen LogP contribution is -2.09. The first-order valence-electron chi connectivity index (χ1n) is 17.6. The van der Waals surface area contributed by atoms with Crippen molar-refractivity contribution in [3.8, 4) is 5.75 Å². The van der Waals surface area contributed by atoms with E-state index in [0.29, 0.717) is 0 Å². The van der Waals surface area contributed by atoms with Crippen LogP contribution in [0.5, 0.6) is 5.75 Å². The van der Waals surface area contributed by atoms with E-state index in [1.54, 1.807) is 7.11 Å². The van der Waals surface area contributed by atoms with Crippen LogP contribution in [0, 0.1) is 6.92 Å². The number of aryl methyl sites for hydroxylation is 1. The van der Waals surface area contributed by atoms with E-state index in [9.17, 15) is 0 Å². The number of benzene rings is 7. The maximum atomic E-state index is 5.39. The molecule has 52 heavy (non-hydrogen) atoms. The van der Waals surface area contributed by atoms with Crippen LogP contribution < -0.4 is 14.5 Å². The Morgan fingerprint density at radius 1 is 0.423 bits per heavy atom. The summed E-state index contributed by atoms with van der Waals surface area (Å²) < 4.78 is 5.39. The predicted octanol–water partition coefficient (Wildman–Crippen LogP) is 13.7. The van der Waals surface area contributed by atoms with Gasteiger partial charge in [-0.3, -0.25) is 0 Å². The monoisotopic (exact) mass is 674 g/mol. The van der Waals surface area contributed by atoms with E-state index in [4.69, 9.17) is 4.74 Å². The van der Waals surface area contributed by atoms with Crippen molar-refractivity contribution in [1.82, 2.24) is 0 Å². The lowest BCUT2D eigenvalue weighted by Gasteiger charge is -2.25. The zero-order chi connectivity index (χ0) is 35.7. The van der Waals surface area contributed by atoms with Gasteiger partial charge in [-0.2, -0.15) is 0 Å². The van der Waals surface area contributed by atoms with Gasteiger partial charge in [0.05, 0.1) is 7.11 Å². The molecule has 0 fully saturated rings. The standard InChI is InChI=1S/C49H42N2O/c1-37-14-26-45(27-15-37)50(43-10-6-4-7-11-43)47-30-22-41(23-31-47)36-38(2)42-24-18-39(19-25-42)16-17-40-20-28-46(29-21-40)51(44-12-8-5-9-13-44)48-32-34-49(52-3)35-33-48/h4-36H,1-3H3. The third-order valence-corrected chi connectivity index (χ3v) is 9.17. The summed E-state index contributed by atoms with van der Waals surface area (Å²) in [6, 6.07) is 64.0. The van der Waals surface area contributed by atoms with E-state index in [1.165, 1.54) is 22.3 Å². The summed E-state index contributed by atoms with van der Waals surface area (Å²) in [5.41, 5.74) is 13.8. The minimum absolute atomic E-state index is 0.840. The first-order chi connectivity index (χ1) is 25.5. The van der Waals surface area contributed by atoms with Crippen LogP contribution in [0.2, 0.25) is 0 Å². The third kappa shape index (κ3) is 8.07. The van der Waals surface area contributed by atoms with Crippen molar-refractivity contribution in [2.24, 2.45) is 0 Å². The van der Waals surface area contributed by atoms with Gasteiger partial charge in [0.25, 0.3) is 0 Å². The fourth-order valence-electron chi connectivity index (χ4n) is 6.31. The zero-order valence-electron chi connectivity index (χ0n) is 29.9. The van der Waals surface area contributed by atoms with Crippen molar-refractivity contribution in [3.05, 3.63) is 210 Å². The van der Waals surface area contributed by atoms with Gasteiger partial charge in [-0.25, -0.2) is 0 Å². The molecule has 0 saturated carbocycles. The highest BCUT2D eigenvalue weighted by atomic mass is 16.5. The largest absolute Gasteiger partial charge is 0.497 e. The summed E-state index contributed by atoms with van der Waals surface area (Å²) in [5.74, 6) is 0.840. The van der Waals surface area contributed by atoms with Crippen molar-refractivity contribution in [1.29, 1.82) is 0 Å². The molecule has 0 amide bonds. The Hall–Kier alpha value is -6.58. The Morgan fingerprint density at radius 3 is 1.23 bits per heavy atom. The Balaban J connectivity index is 1.04. The molecule has 7 aromatic carbocycles. The van der Waals surface area contributed by atoms with Gasteiger partial charge in [-0.05, 0) is 127 Å². The summed E-state index contributed by atoms with van der Waals surface area (Å²) in [6.07, 6.45) is 6.58. The number of hydrogen-bond donors (Lipinski definition) is 0. The Bertz CT molecular complexity index is 2240. The predicted molar refractivity (Wildman–Crippen MR) is 222 cm³/mol. The molecule has 7 aromatic rings. The molecule has 0 aliphatic rings. The summed E-state index contributed by atoms with van der Waals surface area (Å²) in [6.45, 7) is 4.29. The maximum Gasteiger partial charge on any atom is 0.119 e. The van der Waals surface area contributed by atoms with E-state index in [-0.39, 0.29) is 0 Å². The number of rotatable bonds is 11. The van der Waals surface area contributed by atoms with Gasteiger partial charge < -0.3 is 14.5 Å². The molecule has 0 aliphatic heterocycles. The molecule has 0 bridgehead atoms. The fourth-order valence-corrected chi connectivity index (χ4v) is 6.31. The quantitative estimate of drug-likeness (QED) is 0.127. The molecular formula is C49H42N2O. The van der Waals surface area contributed by atoms with Gasteiger partial charge >= 0.3 is 0 Å². The Labute approximate surface area is 308 Å². The Kier molecular flexibility index (Phi) is 10.4. The highest BCUT2D eigenvalue weighted by Gasteiger charge is 2.13. The van der Waals surface area contributed by atoms with Crippen LogP contribution in [0.15, 0.2) is 182 Å². The number of hydrogen-bond acceptors (Lipinski definition) is 3. The number of ether oxygens (including phenoxy) is 1. The molecule has 0 radical (unpaired) electrons. The normalized spacial score (nSPS) is 11.4. The number of nitrogens with zero attached hydrogens (tertiary/aromatic N) is 2. The molecule has 0 spiro atoms. The molecule has 3 nitrogen and oxygen atoms in total. The molecule has 0 atom stereocenters. The average molecular weight is 675 g/mol. The SMILES string of the molecule is COc1ccc(N(c2ccccc2)c2ccc(C=Cc3ccc(C(C)=Cc4ccc(N(c5ccccc5)c5ccc(C)cc5)cc4)cc3)cc2)cc1. The summed E-state index contributed by atoms with van der Waals surface area (Å²) in [4.78, 5) is 4.54. The van der Waals surface area contributed by atoms with Crippen LogP contribution in [-0.2, 0) is 0 Å². The lowest BCUT2D eigenvalue weighted by molar-refractivity contribution is 0.415. The number of allylic oxidation sites excluding steroid dienone is 1. The molecule has 0 aliphatic carbocycles. The van der Waals surface area contributed by atoms with E-state index in [1.807, 2.05) is 18.2 Å². The van der Waals surface area contributed by atoms with Crippen LogP contribution in [0.4, 0.5) is 34.1 Å². The van der Waals surface area contributed by atoms with Gasteiger partial charge in [0, 0.05) is 34.1 Å². The van der Waals surface area contributed by atoms with Crippen molar-refractivity contribution >= 4 is 57.9 Å². The smallest absolute Gasteiger partial charge is 0.119 e. The van der Waals surface area contributed by atoms with Gasteiger partial charge in [-0.1, -0.05) is 121 Å². The summed E-state index contributed by atoms with van der Waals surface area (Å²) in [7, 11) is 1.69. The zero-order valence-corrected chi connectivity index (χ0v) is 29.9. The minimum Gasteiger partial charge on any atom is -0.497 e. The van der Waals surface area contributed by atoms with Crippen LogP contribution >= 0.6 is 0 Å². The average Bonchev–Trinajstić information content (AvgIpc) is 3.20. The van der Waals surface area contributed by atoms with E-state index in [2.05, 4.69) is 206 Å². The van der Waals surface area contributed by atoms with Gasteiger partial charge in [0.2, 0.25) is 0 Å². The highest BCUT2D eigenvalue weighted by Crippen LogP contribution is 2.36. The van der Waals surface area contributed by atoms with Gasteiger partial charge in [0.15, 0.2) is 0 Å². The second-order valence-electron chi connectivity index (χ2n) is 12.8. The molecule has 0 heterocycles. The maximum absolute atomic E-state index is 5.39. The number of methoxy groups -OCH3 is 1. The summed E-state index contributed by atoms with van der Waals surface area (Å²) in [5, 5.41) is 0. The van der Waals surface area contributed by atoms with Crippen LogP contribution in [0.1, 0.15) is 34.7 Å². The van der Waals surface area contributed by atoms with Crippen LogP contribution in [-0.4, -0.2) is 7.11 Å². The summed E-state index contributed by atoms with van der Waals surface area (Å²) >= 11 is 0. The van der Waals surface area contributed by atoms with Gasteiger partial charge in [0.1, 0.15) is 5.75 Å². The molecule has 0 unspecified atom stereocenters.